The Labute approximate surface area is 116 Å². The zero-order valence-electron chi connectivity index (χ0n) is 12.1. The van der Waals surface area contributed by atoms with Crippen molar-refractivity contribution < 1.29 is 4.74 Å². The molecule has 0 radical (unpaired) electrons. The Morgan fingerprint density at radius 1 is 1.42 bits per heavy atom. The summed E-state index contributed by atoms with van der Waals surface area (Å²) in [6.45, 7) is 5.72. The minimum Gasteiger partial charge on any atom is -0.496 e. The smallest absolute Gasteiger partial charge is 0.122 e. The van der Waals surface area contributed by atoms with E-state index in [2.05, 4.69) is 29.7 Å². The number of nitrogens with one attached hydrogen (secondary N) is 2. The summed E-state index contributed by atoms with van der Waals surface area (Å²) in [5.74, 6) is 1.78. The summed E-state index contributed by atoms with van der Waals surface area (Å²) in [6, 6.07) is 8.77. The van der Waals surface area contributed by atoms with E-state index in [4.69, 9.17) is 4.74 Å². The highest BCUT2D eigenvalue weighted by atomic mass is 16.5. The largest absolute Gasteiger partial charge is 0.496 e. The first kappa shape index (κ1) is 14.4. The second-order valence-electron chi connectivity index (χ2n) is 5.54. The molecule has 1 aromatic rings. The van der Waals surface area contributed by atoms with Gasteiger partial charge in [0.25, 0.3) is 0 Å². The van der Waals surface area contributed by atoms with E-state index in [0.29, 0.717) is 6.04 Å². The van der Waals surface area contributed by atoms with Crippen molar-refractivity contribution in [1.29, 1.82) is 0 Å². The van der Waals surface area contributed by atoms with Crippen molar-refractivity contribution in [3.8, 4) is 5.75 Å². The van der Waals surface area contributed by atoms with Crippen LogP contribution in [0.15, 0.2) is 24.3 Å². The molecule has 0 saturated carbocycles. The van der Waals surface area contributed by atoms with Crippen molar-refractivity contribution in [2.75, 3.05) is 26.7 Å². The molecule has 0 spiro atoms. The summed E-state index contributed by atoms with van der Waals surface area (Å²) in [5, 5.41) is 7.12. The fourth-order valence-electron chi connectivity index (χ4n) is 2.74. The maximum atomic E-state index is 5.40. The molecule has 2 rings (SSSR count). The first-order chi connectivity index (χ1) is 9.29. The topological polar surface area (TPSA) is 33.3 Å². The van der Waals surface area contributed by atoms with Gasteiger partial charge in [0.05, 0.1) is 7.11 Å². The van der Waals surface area contributed by atoms with Crippen LogP contribution >= 0.6 is 0 Å². The summed E-state index contributed by atoms with van der Waals surface area (Å²) >= 11 is 0. The highest BCUT2D eigenvalue weighted by Gasteiger charge is 2.14. The van der Waals surface area contributed by atoms with E-state index in [1.807, 2.05) is 12.1 Å². The number of hydrogen-bond donors (Lipinski definition) is 2. The van der Waals surface area contributed by atoms with Gasteiger partial charge in [0.15, 0.2) is 0 Å². The van der Waals surface area contributed by atoms with Crippen LogP contribution in [-0.2, 0) is 6.42 Å². The Balaban J connectivity index is 1.78. The molecule has 106 valence electrons. The second-order valence-corrected chi connectivity index (χ2v) is 5.54. The molecule has 19 heavy (non-hydrogen) atoms. The molecule has 0 bridgehead atoms. The third kappa shape index (κ3) is 4.51. The van der Waals surface area contributed by atoms with Crippen LogP contribution in [0.5, 0.6) is 5.75 Å². The predicted octanol–water partition coefficient (Wildman–Crippen LogP) is 2.22. The van der Waals surface area contributed by atoms with E-state index >= 15 is 0 Å². The van der Waals surface area contributed by atoms with Gasteiger partial charge in [-0.15, -0.1) is 0 Å². The summed E-state index contributed by atoms with van der Waals surface area (Å²) in [5.41, 5.74) is 1.28. The van der Waals surface area contributed by atoms with Gasteiger partial charge < -0.3 is 15.4 Å². The van der Waals surface area contributed by atoms with Gasteiger partial charge in [-0.05, 0) is 63.4 Å². The second kappa shape index (κ2) is 7.51. The molecule has 1 heterocycles. The molecule has 0 aliphatic carbocycles. The molecule has 0 amide bonds. The van der Waals surface area contributed by atoms with Crippen molar-refractivity contribution in [2.45, 2.75) is 32.2 Å². The SMILES string of the molecule is COc1ccccc1CC(C)NCC1CCCNC1. The molecule has 1 aliphatic rings. The molecule has 2 atom stereocenters. The zero-order chi connectivity index (χ0) is 13.5. The van der Waals surface area contributed by atoms with Crippen molar-refractivity contribution in [1.82, 2.24) is 10.6 Å². The maximum Gasteiger partial charge on any atom is 0.122 e. The molecule has 1 saturated heterocycles. The van der Waals surface area contributed by atoms with E-state index in [1.54, 1.807) is 7.11 Å². The van der Waals surface area contributed by atoms with Gasteiger partial charge in [-0.25, -0.2) is 0 Å². The normalized spacial score (nSPS) is 21.1. The third-order valence-electron chi connectivity index (χ3n) is 3.87. The van der Waals surface area contributed by atoms with Gasteiger partial charge in [0.1, 0.15) is 5.75 Å². The number of hydrogen-bond acceptors (Lipinski definition) is 3. The van der Waals surface area contributed by atoms with E-state index in [1.165, 1.54) is 24.9 Å². The van der Waals surface area contributed by atoms with Crippen molar-refractivity contribution in [2.24, 2.45) is 5.92 Å². The third-order valence-corrected chi connectivity index (χ3v) is 3.87. The molecule has 3 nitrogen and oxygen atoms in total. The highest BCUT2D eigenvalue weighted by molar-refractivity contribution is 5.33. The lowest BCUT2D eigenvalue weighted by Gasteiger charge is -2.25. The molecule has 2 unspecified atom stereocenters. The summed E-state index contributed by atoms with van der Waals surface area (Å²) in [4.78, 5) is 0. The number of para-hydroxylation sites is 1. The monoisotopic (exact) mass is 262 g/mol. The Hall–Kier alpha value is -1.06. The number of methoxy groups -OCH3 is 1. The van der Waals surface area contributed by atoms with Crippen molar-refractivity contribution >= 4 is 0 Å². The van der Waals surface area contributed by atoms with Crippen molar-refractivity contribution in [3.63, 3.8) is 0 Å². The van der Waals surface area contributed by atoms with Gasteiger partial charge in [0, 0.05) is 6.04 Å². The Morgan fingerprint density at radius 3 is 3.00 bits per heavy atom. The molecule has 2 N–H and O–H groups in total. The van der Waals surface area contributed by atoms with Gasteiger partial charge in [0.2, 0.25) is 0 Å². The number of rotatable bonds is 6. The maximum absolute atomic E-state index is 5.40. The van der Waals surface area contributed by atoms with Crippen LogP contribution in [0.1, 0.15) is 25.3 Å². The van der Waals surface area contributed by atoms with Crippen LogP contribution in [0, 0.1) is 5.92 Å². The van der Waals surface area contributed by atoms with Crippen LogP contribution < -0.4 is 15.4 Å². The average Bonchev–Trinajstić information content (AvgIpc) is 2.47. The first-order valence-electron chi connectivity index (χ1n) is 7.35. The Bertz CT molecular complexity index is 375. The fourth-order valence-corrected chi connectivity index (χ4v) is 2.74. The first-order valence-corrected chi connectivity index (χ1v) is 7.35. The minimum atomic E-state index is 0.484. The predicted molar refractivity (Wildman–Crippen MR) is 79.8 cm³/mol. The standard InChI is InChI=1S/C16H26N2O/c1-13(18-12-14-6-5-9-17-11-14)10-15-7-3-4-8-16(15)19-2/h3-4,7-8,13-14,17-18H,5-6,9-12H2,1-2H3. The number of benzene rings is 1. The Kier molecular flexibility index (Phi) is 5.67. The van der Waals surface area contributed by atoms with Crippen molar-refractivity contribution in [3.05, 3.63) is 29.8 Å². The van der Waals surface area contributed by atoms with Gasteiger partial charge in [-0.1, -0.05) is 18.2 Å². The van der Waals surface area contributed by atoms with E-state index in [9.17, 15) is 0 Å². The molecular formula is C16H26N2O. The molecule has 1 aromatic carbocycles. The lowest BCUT2D eigenvalue weighted by atomic mass is 9.99. The average molecular weight is 262 g/mol. The summed E-state index contributed by atoms with van der Waals surface area (Å²) < 4.78 is 5.40. The van der Waals surface area contributed by atoms with Gasteiger partial charge in [-0.2, -0.15) is 0 Å². The van der Waals surface area contributed by atoms with Crippen LogP contribution in [0.3, 0.4) is 0 Å². The minimum absolute atomic E-state index is 0.484. The highest BCUT2D eigenvalue weighted by Crippen LogP contribution is 2.19. The van der Waals surface area contributed by atoms with Gasteiger partial charge in [-0.3, -0.25) is 0 Å². The fraction of sp³-hybridized carbons (Fsp3) is 0.625. The molecule has 3 heteroatoms. The summed E-state index contributed by atoms with van der Waals surface area (Å²) in [7, 11) is 1.74. The molecular weight excluding hydrogens is 236 g/mol. The molecule has 1 fully saturated rings. The number of ether oxygens (including phenoxy) is 1. The van der Waals surface area contributed by atoms with Crippen LogP contribution in [-0.4, -0.2) is 32.8 Å². The van der Waals surface area contributed by atoms with E-state index < -0.39 is 0 Å². The lowest BCUT2D eigenvalue weighted by Crippen LogP contribution is -2.39. The summed E-state index contributed by atoms with van der Waals surface area (Å²) in [6.07, 6.45) is 3.68. The van der Waals surface area contributed by atoms with Crippen LogP contribution in [0.25, 0.3) is 0 Å². The number of piperidine rings is 1. The molecule has 1 aliphatic heterocycles. The lowest BCUT2D eigenvalue weighted by molar-refractivity contribution is 0.345. The zero-order valence-corrected chi connectivity index (χ0v) is 12.1. The Morgan fingerprint density at radius 2 is 2.26 bits per heavy atom. The quantitative estimate of drug-likeness (QED) is 0.824. The van der Waals surface area contributed by atoms with Gasteiger partial charge >= 0.3 is 0 Å². The molecule has 0 aromatic heterocycles. The van der Waals surface area contributed by atoms with Crippen LogP contribution in [0.4, 0.5) is 0 Å². The van der Waals surface area contributed by atoms with E-state index in [0.717, 1.165) is 31.2 Å². The van der Waals surface area contributed by atoms with Crippen LogP contribution in [0.2, 0.25) is 0 Å². The van der Waals surface area contributed by atoms with E-state index in [-0.39, 0.29) is 0 Å².